The summed E-state index contributed by atoms with van der Waals surface area (Å²) in [6.07, 6.45) is 2.92. The zero-order chi connectivity index (χ0) is 10.7. The molecule has 0 amide bonds. The zero-order valence-electron chi connectivity index (χ0n) is 8.12. The van der Waals surface area contributed by atoms with E-state index in [-0.39, 0.29) is 11.9 Å². The van der Waals surface area contributed by atoms with Gasteiger partial charge in [-0.25, -0.2) is 4.39 Å². The third kappa shape index (κ3) is 2.69. The number of aliphatic imine (C=N–C) groups is 1. The first-order valence-electron chi connectivity index (χ1n) is 4.83. The molecule has 2 nitrogen and oxygen atoms in total. The first-order valence-corrected chi connectivity index (χ1v) is 5.20. The average molecular weight is 228 g/mol. The molecule has 0 N–H and O–H groups in total. The molecule has 80 valence electrons. The standard InChI is InChI=1S/C11H11ClFNO/c12-9-3-1-8(11(13)5-9)2-4-10-6-15-7-14-10/h1,3,5,7,10H,2,4,6H2. The number of ether oxygens (including phenoxy) is 1. The van der Waals surface area contributed by atoms with Crippen LogP contribution in [-0.4, -0.2) is 19.0 Å². The maximum absolute atomic E-state index is 13.4. The van der Waals surface area contributed by atoms with Crippen LogP contribution < -0.4 is 0 Å². The second-order valence-electron chi connectivity index (χ2n) is 3.52. The Morgan fingerprint density at radius 2 is 2.40 bits per heavy atom. The van der Waals surface area contributed by atoms with Crippen molar-refractivity contribution in [1.29, 1.82) is 0 Å². The van der Waals surface area contributed by atoms with Gasteiger partial charge in [0.15, 0.2) is 6.40 Å². The molecule has 0 saturated heterocycles. The largest absolute Gasteiger partial charge is 0.481 e. The predicted molar refractivity (Wildman–Crippen MR) is 58.0 cm³/mol. The van der Waals surface area contributed by atoms with E-state index in [9.17, 15) is 4.39 Å². The normalized spacial score (nSPS) is 19.2. The van der Waals surface area contributed by atoms with Crippen LogP contribution in [0.4, 0.5) is 4.39 Å². The fraction of sp³-hybridized carbons (Fsp3) is 0.364. The predicted octanol–water partition coefficient (Wildman–Crippen LogP) is 2.84. The van der Waals surface area contributed by atoms with E-state index in [0.29, 0.717) is 23.6 Å². The number of hydrogen-bond acceptors (Lipinski definition) is 2. The van der Waals surface area contributed by atoms with Gasteiger partial charge >= 0.3 is 0 Å². The molecular weight excluding hydrogens is 217 g/mol. The minimum absolute atomic E-state index is 0.167. The molecule has 1 aromatic carbocycles. The van der Waals surface area contributed by atoms with Crippen LogP contribution in [0.15, 0.2) is 23.2 Å². The fourth-order valence-corrected chi connectivity index (χ4v) is 1.69. The lowest BCUT2D eigenvalue weighted by Crippen LogP contribution is -2.08. The van der Waals surface area contributed by atoms with Crippen LogP contribution in [0.1, 0.15) is 12.0 Å². The number of aryl methyl sites for hydroxylation is 1. The number of halogens is 2. The summed E-state index contributed by atoms with van der Waals surface area (Å²) in [7, 11) is 0. The molecule has 0 saturated carbocycles. The van der Waals surface area contributed by atoms with E-state index in [1.807, 2.05) is 0 Å². The Labute approximate surface area is 92.7 Å². The summed E-state index contributed by atoms with van der Waals surface area (Å²) >= 11 is 5.66. The highest BCUT2D eigenvalue weighted by molar-refractivity contribution is 6.30. The molecule has 0 fully saturated rings. The van der Waals surface area contributed by atoms with Gasteiger partial charge in [-0.1, -0.05) is 17.7 Å². The summed E-state index contributed by atoms with van der Waals surface area (Å²) in [6, 6.07) is 4.93. The Bertz CT molecular complexity index is 381. The molecule has 0 radical (unpaired) electrons. The van der Waals surface area contributed by atoms with E-state index in [1.54, 1.807) is 12.1 Å². The van der Waals surface area contributed by atoms with Gasteiger partial charge in [0.25, 0.3) is 0 Å². The molecule has 1 atom stereocenters. The highest BCUT2D eigenvalue weighted by atomic mass is 35.5. The Morgan fingerprint density at radius 3 is 3.07 bits per heavy atom. The van der Waals surface area contributed by atoms with E-state index in [0.717, 1.165) is 6.42 Å². The number of benzene rings is 1. The second kappa shape index (κ2) is 4.62. The van der Waals surface area contributed by atoms with Crippen molar-refractivity contribution in [2.75, 3.05) is 6.61 Å². The van der Waals surface area contributed by atoms with Gasteiger partial charge in [0.05, 0.1) is 6.04 Å². The lowest BCUT2D eigenvalue weighted by molar-refractivity contribution is 0.321. The quantitative estimate of drug-likeness (QED) is 0.778. The SMILES string of the molecule is Fc1cc(Cl)ccc1CCC1COC=N1. The Balaban J connectivity index is 1.95. The van der Waals surface area contributed by atoms with E-state index in [1.165, 1.54) is 12.5 Å². The average Bonchev–Trinajstić information content (AvgIpc) is 2.69. The van der Waals surface area contributed by atoms with E-state index in [4.69, 9.17) is 16.3 Å². The van der Waals surface area contributed by atoms with Gasteiger partial charge in [0.1, 0.15) is 12.4 Å². The van der Waals surface area contributed by atoms with Crippen molar-refractivity contribution < 1.29 is 9.13 Å². The molecule has 15 heavy (non-hydrogen) atoms. The minimum Gasteiger partial charge on any atom is -0.481 e. The monoisotopic (exact) mass is 227 g/mol. The van der Waals surface area contributed by atoms with Crippen LogP contribution >= 0.6 is 11.6 Å². The van der Waals surface area contributed by atoms with E-state index < -0.39 is 0 Å². The van der Waals surface area contributed by atoms with Gasteiger partial charge in [-0.3, -0.25) is 4.99 Å². The lowest BCUT2D eigenvalue weighted by Gasteiger charge is -2.06. The molecular formula is C11H11ClFNO. The molecule has 2 rings (SSSR count). The molecule has 1 aromatic rings. The van der Waals surface area contributed by atoms with Crippen LogP contribution in [0, 0.1) is 5.82 Å². The smallest absolute Gasteiger partial charge is 0.169 e. The number of hydrogen-bond donors (Lipinski definition) is 0. The molecule has 0 bridgehead atoms. The van der Waals surface area contributed by atoms with Crippen LogP contribution in [0.25, 0.3) is 0 Å². The van der Waals surface area contributed by atoms with Gasteiger partial charge < -0.3 is 4.74 Å². The zero-order valence-corrected chi connectivity index (χ0v) is 8.88. The van der Waals surface area contributed by atoms with Crippen LogP contribution in [0.2, 0.25) is 5.02 Å². The Hall–Kier alpha value is -1.09. The summed E-state index contributed by atoms with van der Waals surface area (Å²) < 4.78 is 18.4. The van der Waals surface area contributed by atoms with Gasteiger partial charge in [0.2, 0.25) is 0 Å². The molecule has 0 spiro atoms. The summed E-state index contributed by atoms with van der Waals surface area (Å²) in [5.41, 5.74) is 0.682. The van der Waals surface area contributed by atoms with Crippen molar-refractivity contribution in [2.24, 2.45) is 4.99 Å². The van der Waals surface area contributed by atoms with Crippen molar-refractivity contribution in [1.82, 2.24) is 0 Å². The number of rotatable bonds is 3. The van der Waals surface area contributed by atoms with Crippen molar-refractivity contribution in [2.45, 2.75) is 18.9 Å². The Morgan fingerprint density at radius 1 is 1.53 bits per heavy atom. The van der Waals surface area contributed by atoms with Crippen molar-refractivity contribution in [3.05, 3.63) is 34.6 Å². The highest BCUT2D eigenvalue weighted by Gasteiger charge is 2.12. The van der Waals surface area contributed by atoms with Crippen LogP contribution in [-0.2, 0) is 11.2 Å². The summed E-state index contributed by atoms with van der Waals surface area (Å²) in [5.74, 6) is -0.245. The van der Waals surface area contributed by atoms with Crippen molar-refractivity contribution in [3.8, 4) is 0 Å². The fourth-order valence-electron chi connectivity index (χ4n) is 1.53. The van der Waals surface area contributed by atoms with Crippen LogP contribution in [0.3, 0.4) is 0 Å². The number of nitrogens with zero attached hydrogens (tertiary/aromatic N) is 1. The minimum atomic E-state index is -0.245. The molecule has 1 aliphatic rings. The maximum Gasteiger partial charge on any atom is 0.169 e. The van der Waals surface area contributed by atoms with Gasteiger partial charge in [0, 0.05) is 5.02 Å². The molecule has 1 unspecified atom stereocenters. The third-order valence-electron chi connectivity index (χ3n) is 2.40. The molecule has 4 heteroatoms. The summed E-state index contributed by atoms with van der Waals surface area (Å²) in [4.78, 5) is 4.10. The van der Waals surface area contributed by atoms with Crippen molar-refractivity contribution >= 4 is 18.0 Å². The summed E-state index contributed by atoms with van der Waals surface area (Å²) in [5, 5.41) is 0.429. The molecule has 1 aliphatic heterocycles. The van der Waals surface area contributed by atoms with Crippen molar-refractivity contribution in [3.63, 3.8) is 0 Å². The van der Waals surface area contributed by atoms with Crippen LogP contribution in [0.5, 0.6) is 0 Å². The van der Waals surface area contributed by atoms with E-state index >= 15 is 0 Å². The van der Waals surface area contributed by atoms with E-state index in [2.05, 4.69) is 4.99 Å². The van der Waals surface area contributed by atoms with Gasteiger partial charge in [-0.2, -0.15) is 0 Å². The highest BCUT2D eigenvalue weighted by Crippen LogP contribution is 2.17. The Kier molecular flexibility index (Phi) is 3.21. The summed E-state index contributed by atoms with van der Waals surface area (Å²) in [6.45, 7) is 0.606. The maximum atomic E-state index is 13.4. The van der Waals surface area contributed by atoms with Gasteiger partial charge in [-0.15, -0.1) is 0 Å². The molecule has 1 heterocycles. The molecule has 0 aliphatic carbocycles. The van der Waals surface area contributed by atoms with Gasteiger partial charge in [-0.05, 0) is 30.5 Å². The molecule has 0 aromatic heterocycles. The first kappa shape index (κ1) is 10.4. The lowest BCUT2D eigenvalue weighted by atomic mass is 10.1. The second-order valence-corrected chi connectivity index (χ2v) is 3.95. The third-order valence-corrected chi connectivity index (χ3v) is 2.63. The topological polar surface area (TPSA) is 21.6 Å². The first-order chi connectivity index (χ1) is 7.25.